The lowest BCUT2D eigenvalue weighted by Gasteiger charge is -2.12. The van der Waals surface area contributed by atoms with E-state index in [4.69, 9.17) is 5.73 Å². The Morgan fingerprint density at radius 3 is 2.41 bits per heavy atom. The molecular weight excluding hydrogens is 306 g/mol. The molecule has 2 aromatic rings. The molecule has 0 aliphatic carbocycles. The normalized spacial score (nSPS) is 11.3. The minimum atomic E-state index is -0.510. The van der Waals surface area contributed by atoms with Crippen molar-refractivity contribution in [3.63, 3.8) is 0 Å². The summed E-state index contributed by atoms with van der Waals surface area (Å²) in [7, 11) is 2.94. The molecule has 2 rings (SSSR count). The van der Waals surface area contributed by atoms with Crippen LogP contribution in [0.3, 0.4) is 0 Å². The zero-order chi connectivity index (χ0) is 16.6. The largest absolute Gasteiger partial charge is 0.369 e. The number of nitrogens with zero attached hydrogens (tertiary/aromatic N) is 4. The van der Waals surface area contributed by atoms with Crippen LogP contribution < -0.4 is 17.0 Å². The first-order valence-corrected chi connectivity index (χ1v) is 7.61. The molecule has 0 atom stereocenters. The summed E-state index contributed by atoms with van der Waals surface area (Å²) in [6, 6.07) is 0. The van der Waals surface area contributed by atoms with Crippen molar-refractivity contribution in [1.29, 1.82) is 0 Å². The van der Waals surface area contributed by atoms with Crippen LogP contribution in [0.15, 0.2) is 14.6 Å². The van der Waals surface area contributed by atoms with Crippen molar-refractivity contribution in [2.45, 2.75) is 24.8 Å². The van der Waals surface area contributed by atoms with Gasteiger partial charge in [0.05, 0.1) is 5.75 Å². The molecule has 1 amide bonds. The number of carbonyl (C=O) groups is 1. The van der Waals surface area contributed by atoms with Crippen molar-refractivity contribution in [3.8, 4) is 0 Å². The Bertz CT molecular complexity index is 869. The van der Waals surface area contributed by atoms with Gasteiger partial charge in [-0.2, -0.15) is 0 Å². The molecule has 0 spiro atoms. The van der Waals surface area contributed by atoms with Gasteiger partial charge in [-0.25, -0.2) is 14.8 Å². The van der Waals surface area contributed by atoms with E-state index in [0.29, 0.717) is 10.9 Å². The van der Waals surface area contributed by atoms with E-state index in [1.165, 1.54) is 11.6 Å². The minimum Gasteiger partial charge on any atom is -0.369 e. The zero-order valence-corrected chi connectivity index (χ0v) is 13.6. The van der Waals surface area contributed by atoms with Gasteiger partial charge in [-0.15, -0.1) is 0 Å². The first-order chi connectivity index (χ1) is 10.2. The summed E-state index contributed by atoms with van der Waals surface area (Å²) in [6.45, 7) is 3.81. The van der Waals surface area contributed by atoms with Gasteiger partial charge in [0.15, 0.2) is 5.65 Å². The highest BCUT2D eigenvalue weighted by Crippen LogP contribution is 2.24. The Morgan fingerprint density at radius 2 is 1.86 bits per heavy atom. The van der Waals surface area contributed by atoms with Crippen molar-refractivity contribution < 1.29 is 4.79 Å². The lowest BCUT2D eigenvalue weighted by atomic mass is 10.2. The number of amides is 1. The topological polar surface area (TPSA) is 113 Å². The molecule has 0 saturated heterocycles. The van der Waals surface area contributed by atoms with Gasteiger partial charge >= 0.3 is 5.69 Å². The highest BCUT2D eigenvalue weighted by molar-refractivity contribution is 8.00. The third-order valence-corrected chi connectivity index (χ3v) is 4.15. The molecule has 0 aromatic carbocycles. The van der Waals surface area contributed by atoms with E-state index in [-0.39, 0.29) is 22.7 Å². The molecule has 8 nitrogen and oxygen atoms in total. The molecule has 0 radical (unpaired) electrons. The maximum atomic E-state index is 12.4. The molecule has 2 aromatic heterocycles. The van der Waals surface area contributed by atoms with Crippen molar-refractivity contribution in [3.05, 3.63) is 26.7 Å². The number of rotatable bonds is 4. The molecule has 22 heavy (non-hydrogen) atoms. The molecule has 0 saturated carbocycles. The fourth-order valence-electron chi connectivity index (χ4n) is 1.95. The van der Waals surface area contributed by atoms with Crippen LogP contribution in [0.25, 0.3) is 11.0 Å². The van der Waals surface area contributed by atoms with Crippen molar-refractivity contribution >= 4 is 28.7 Å². The van der Waals surface area contributed by atoms with E-state index in [2.05, 4.69) is 9.97 Å². The zero-order valence-electron chi connectivity index (χ0n) is 12.8. The summed E-state index contributed by atoms with van der Waals surface area (Å²) in [5.41, 5.74) is 4.48. The van der Waals surface area contributed by atoms with Crippen LogP contribution in [0.4, 0.5) is 0 Å². The second-order valence-electron chi connectivity index (χ2n) is 5.20. The van der Waals surface area contributed by atoms with Gasteiger partial charge in [0.25, 0.3) is 5.56 Å². The first-order valence-electron chi connectivity index (χ1n) is 6.62. The van der Waals surface area contributed by atoms with Crippen LogP contribution in [0.1, 0.15) is 25.6 Å². The molecule has 0 unspecified atom stereocenters. The lowest BCUT2D eigenvalue weighted by Crippen LogP contribution is -2.38. The van der Waals surface area contributed by atoms with Crippen molar-refractivity contribution in [2.75, 3.05) is 5.75 Å². The second kappa shape index (κ2) is 5.91. The Hall–Kier alpha value is -2.16. The first kappa shape index (κ1) is 16.2. The van der Waals surface area contributed by atoms with E-state index in [1.807, 2.05) is 13.8 Å². The van der Waals surface area contributed by atoms with Crippen LogP contribution in [0, 0.1) is 0 Å². The number of fused-ring (bicyclic) bond motifs is 1. The van der Waals surface area contributed by atoms with E-state index in [9.17, 15) is 14.4 Å². The fourth-order valence-corrected chi connectivity index (χ4v) is 2.71. The van der Waals surface area contributed by atoms with E-state index in [0.717, 1.165) is 16.3 Å². The SMILES string of the molecule is CC(C)c1nc(SCC(N)=O)c2c(=O)n(C)c(=O)n(C)c2n1. The highest BCUT2D eigenvalue weighted by atomic mass is 32.2. The molecule has 0 bridgehead atoms. The van der Waals surface area contributed by atoms with Gasteiger partial charge < -0.3 is 5.73 Å². The van der Waals surface area contributed by atoms with Crippen LogP contribution in [0.5, 0.6) is 0 Å². The number of hydrogen-bond acceptors (Lipinski definition) is 6. The van der Waals surface area contributed by atoms with E-state index < -0.39 is 17.2 Å². The van der Waals surface area contributed by atoms with E-state index >= 15 is 0 Å². The lowest BCUT2D eigenvalue weighted by molar-refractivity contribution is -0.115. The summed E-state index contributed by atoms with van der Waals surface area (Å²) >= 11 is 1.07. The van der Waals surface area contributed by atoms with Gasteiger partial charge in [-0.05, 0) is 0 Å². The number of carbonyl (C=O) groups excluding carboxylic acids is 1. The summed E-state index contributed by atoms with van der Waals surface area (Å²) < 4.78 is 2.30. The average molecular weight is 323 g/mol. The van der Waals surface area contributed by atoms with Gasteiger partial charge in [-0.1, -0.05) is 25.6 Å². The van der Waals surface area contributed by atoms with Gasteiger partial charge in [-0.3, -0.25) is 18.7 Å². The molecule has 9 heteroatoms. The predicted octanol–water partition coefficient (Wildman–Crippen LogP) is -0.272. The average Bonchev–Trinajstić information content (AvgIpc) is 2.47. The molecule has 0 aliphatic heterocycles. The monoisotopic (exact) mass is 323 g/mol. The summed E-state index contributed by atoms with van der Waals surface area (Å²) in [5, 5.41) is 0.587. The Morgan fingerprint density at radius 1 is 1.23 bits per heavy atom. The van der Waals surface area contributed by atoms with E-state index in [1.54, 1.807) is 7.05 Å². The molecule has 118 valence electrons. The quantitative estimate of drug-likeness (QED) is 0.612. The smallest absolute Gasteiger partial charge is 0.332 e. The van der Waals surface area contributed by atoms with Gasteiger partial charge in [0.1, 0.15) is 16.2 Å². The predicted molar refractivity (Wildman–Crippen MR) is 84.0 cm³/mol. The summed E-state index contributed by atoms with van der Waals surface area (Å²) in [6.07, 6.45) is 0. The molecule has 2 N–H and O–H groups in total. The van der Waals surface area contributed by atoms with Gasteiger partial charge in [0.2, 0.25) is 5.91 Å². The number of aromatic nitrogens is 4. The fraction of sp³-hybridized carbons (Fsp3) is 0.462. The molecule has 0 fully saturated rings. The van der Waals surface area contributed by atoms with Crippen molar-refractivity contribution in [1.82, 2.24) is 19.1 Å². The Kier molecular flexibility index (Phi) is 4.36. The Balaban J connectivity index is 2.88. The van der Waals surface area contributed by atoms with Crippen LogP contribution >= 0.6 is 11.8 Å². The summed E-state index contributed by atoms with van der Waals surface area (Å²) in [4.78, 5) is 44.1. The van der Waals surface area contributed by atoms with Crippen LogP contribution in [-0.2, 0) is 18.9 Å². The molecule has 2 heterocycles. The molecule has 0 aliphatic rings. The standard InChI is InChI=1S/C13H17N5O3S/c1-6(2)9-15-10-8(11(16-9)22-5-7(14)19)12(20)18(4)13(21)17(10)3/h6H,5H2,1-4H3,(H2,14,19). The number of nitrogens with two attached hydrogens (primary N) is 1. The number of thioether (sulfide) groups is 1. The second-order valence-corrected chi connectivity index (χ2v) is 6.17. The number of aryl methyl sites for hydroxylation is 1. The van der Waals surface area contributed by atoms with Gasteiger partial charge in [0, 0.05) is 20.0 Å². The molecular formula is C13H17N5O3S. The third kappa shape index (κ3) is 2.76. The Labute approximate surface area is 130 Å². The third-order valence-electron chi connectivity index (χ3n) is 3.15. The van der Waals surface area contributed by atoms with Crippen LogP contribution in [0.2, 0.25) is 0 Å². The maximum Gasteiger partial charge on any atom is 0.332 e. The highest BCUT2D eigenvalue weighted by Gasteiger charge is 2.18. The van der Waals surface area contributed by atoms with Crippen LogP contribution in [-0.4, -0.2) is 30.8 Å². The summed E-state index contributed by atoms with van der Waals surface area (Å²) in [5.74, 6) is -0.000882. The number of primary amides is 1. The number of hydrogen-bond donors (Lipinski definition) is 1. The van der Waals surface area contributed by atoms with Crippen molar-refractivity contribution in [2.24, 2.45) is 19.8 Å². The minimum absolute atomic E-state index is 0.00432. The maximum absolute atomic E-state index is 12.4.